The number of hydrogen-bond donors (Lipinski definition) is 1. The van der Waals surface area contributed by atoms with Crippen molar-refractivity contribution in [3.8, 4) is 0 Å². The molecule has 1 atom stereocenters. The molecule has 8 heteroatoms. The first-order valence-corrected chi connectivity index (χ1v) is 9.40. The van der Waals surface area contributed by atoms with Crippen molar-refractivity contribution >= 4 is 32.1 Å². The monoisotopic (exact) mass is 334 g/mol. The number of H-pyrrole nitrogens is 1. The Morgan fingerprint density at radius 3 is 3.17 bits per heavy atom. The molecule has 7 nitrogen and oxygen atoms in total. The predicted octanol–water partition coefficient (Wildman–Crippen LogP) is 1.90. The van der Waals surface area contributed by atoms with Crippen molar-refractivity contribution in [2.75, 3.05) is 18.8 Å². The highest BCUT2D eigenvalue weighted by molar-refractivity contribution is 7.89. The van der Waals surface area contributed by atoms with E-state index in [1.807, 2.05) is 23.8 Å². The SMILES string of the molecule is [2H]c1nc2cnc3[nH]ccc3c2n1[C@@H]1CCN(S(=O)(=O)CCC)C1. The number of nitrogens with one attached hydrogen (secondary N) is 1. The lowest BCUT2D eigenvalue weighted by atomic mass is 10.2. The molecule has 1 saturated heterocycles. The number of pyridine rings is 1. The van der Waals surface area contributed by atoms with Crippen LogP contribution in [0, 0.1) is 0 Å². The Morgan fingerprint density at radius 1 is 1.48 bits per heavy atom. The Bertz CT molecular complexity index is 1010. The fourth-order valence-corrected chi connectivity index (χ4v) is 4.86. The summed E-state index contributed by atoms with van der Waals surface area (Å²) in [5.41, 5.74) is 2.27. The molecule has 0 saturated carbocycles. The molecule has 23 heavy (non-hydrogen) atoms. The lowest BCUT2D eigenvalue weighted by molar-refractivity contribution is 0.454. The summed E-state index contributed by atoms with van der Waals surface area (Å²) in [7, 11) is -3.21. The zero-order valence-corrected chi connectivity index (χ0v) is 13.7. The number of rotatable bonds is 4. The fraction of sp³-hybridized carbons (Fsp3) is 0.467. The number of aromatic nitrogens is 4. The third kappa shape index (κ3) is 2.33. The zero-order chi connectivity index (χ0) is 16.9. The van der Waals surface area contributed by atoms with Crippen LogP contribution in [-0.4, -0.2) is 51.1 Å². The zero-order valence-electron chi connectivity index (χ0n) is 13.9. The second-order valence-electron chi connectivity index (χ2n) is 5.93. The van der Waals surface area contributed by atoms with Crippen molar-refractivity contribution in [2.45, 2.75) is 25.8 Å². The Hall–Kier alpha value is -1.93. The average Bonchev–Trinajstić information content (AvgIpc) is 3.23. The van der Waals surface area contributed by atoms with Crippen LogP contribution in [0.4, 0.5) is 0 Å². The van der Waals surface area contributed by atoms with E-state index in [0.717, 1.165) is 16.6 Å². The number of nitrogens with zero attached hydrogens (tertiary/aromatic N) is 4. The van der Waals surface area contributed by atoms with Crippen LogP contribution >= 0.6 is 0 Å². The molecular formula is C15H19N5O2S. The normalized spacial score (nSPS) is 20.6. The first-order chi connectivity index (χ1) is 11.5. The van der Waals surface area contributed by atoms with E-state index in [9.17, 15) is 8.42 Å². The summed E-state index contributed by atoms with van der Waals surface area (Å²) in [6.45, 7) is 2.76. The fourth-order valence-electron chi connectivity index (χ4n) is 3.30. The molecule has 1 aliphatic rings. The minimum Gasteiger partial charge on any atom is -0.346 e. The van der Waals surface area contributed by atoms with Gasteiger partial charge in [-0.15, -0.1) is 0 Å². The highest BCUT2D eigenvalue weighted by atomic mass is 32.2. The van der Waals surface area contributed by atoms with Gasteiger partial charge in [-0.3, -0.25) is 0 Å². The summed E-state index contributed by atoms with van der Waals surface area (Å²) in [4.78, 5) is 11.7. The van der Waals surface area contributed by atoms with Crippen LogP contribution in [0.3, 0.4) is 0 Å². The van der Waals surface area contributed by atoms with E-state index in [-0.39, 0.29) is 18.1 Å². The smallest absolute Gasteiger partial charge is 0.214 e. The Morgan fingerprint density at radius 2 is 2.35 bits per heavy atom. The summed E-state index contributed by atoms with van der Waals surface area (Å²) >= 11 is 0. The molecule has 0 radical (unpaired) electrons. The van der Waals surface area contributed by atoms with Gasteiger partial charge in [0.05, 0.1) is 29.8 Å². The number of imidazole rings is 1. The second kappa shape index (κ2) is 5.31. The molecule has 0 amide bonds. The molecule has 3 aromatic rings. The average molecular weight is 334 g/mol. The maximum absolute atomic E-state index is 12.3. The minimum atomic E-state index is -3.21. The highest BCUT2D eigenvalue weighted by Crippen LogP contribution is 2.30. The van der Waals surface area contributed by atoms with E-state index in [1.165, 1.54) is 0 Å². The summed E-state index contributed by atoms with van der Waals surface area (Å²) in [6.07, 6.45) is 4.92. The molecule has 4 heterocycles. The van der Waals surface area contributed by atoms with Gasteiger partial charge in [0.15, 0.2) is 0 Å². The largest absolute Gasteiger partial charge is 0.346 e. The lowest BCUT2D eigenvalue weighted by Gasteiger charge is -2.17. The van der Waals surface area contributed by atoms with Gasteiger partial charge in [0.1, 0.15) is 12.5 Å². The molecule has 0 unspecified atom stereocenters. The third-order valence-corrected chi connectivity index (χ3v) is 6.45. The van der Waals surface area contributed by atoms with E-state index < -0.39 is 10.0 Å². The molecule has 1 fully saturated rings. The summed E-state index contributed by atoms with van der Waals surface area (Å²) in [5.74, 6) is 0.171. The standard InChI is InChI=1S/C15H19N5O2S/c1-2-7-23(21,22)19-6-4-11(9-19)20-10-18-13-8-17-15-12(14(13)20)3-5-16-15/h3,5,8,10-11H,2,4,6-7,9H2,1H3,(H,16,17)/t11-/m1/s1/i10D. The molecular weight excluding hydrogens is 314 g/mol. The van der Waals surface area contributed by atoms with Crippen molar-refractivity contribution in [3.05, 3.63) is 24.8 Å². The Balaban J connectivity index is 1.78. The van der Waals surface area contributed by atoms with Gasteiger partial charge in [-0.2, -0.15) is 4.31 Å². The van der Waals surface area contributed by atoms with Gasteiger partial charge in [0.2, 0.25) is 10.0 Å². The van der Waals surface area contributed by atoms with Crippen molar-refractivity contribution in [1.29, 1.82) is 0 Å². The van der Waals surface area contributed by atoms with E-state index in [0.29, 0.717) is 31.4 Å². The van der Waals surface area contributed by atoms with E-state index >= 15 is 0 Å². The number of fused-ring (bicyclic) bond motifs is 3. The van der Waals surface area contributed by atoms with E-state index in [4.69, 9.17) is 1.37 Å². The highest BCUT2D eigenvalue weighted by Gasteiger charge is 2.32. The van der Waals surface area contributed by atoms with Gasteiger partial charge in [-0.1, -0.05) is 6.92 Å². The number of sulfonamides is 1. The van der Waals surface area contributed by atoms with Crippen LogP contribution in [0.15, 0.2) is 24.8 Å². The predicted molar refractivity (Wildman–Crippen MR) is 88.7 cm³/mol. The minimum absolute atomic E-state index is 0.0744. The van der Waals surface area contributed by atoms with Crippen molar-refractivity contribution < 1.29 is 9.79 Å². The molecule has 0 aliphatic carbocycles. The molecule has 0 aromatic carbocycles. The van der Waals surface area contributed by atoms with Crippen LogP contribution in [-0.2, 0) is 10.0 Å². The molecule has 1 N–H and O–H groups in total. The molecule has 1 aliphatic heterocycles. The lowest BCUT2D eigenvalue weighted by Crippen LogP contribution is -2.31. The van der Waals surface area contributed by atoms with Gasteiger partial charge in [-0.05, 0) is 18.9 Å². The van der Waals surface area contributed by atoms with Crippen molar-refractivity contribution in [2.24, 2.45) is 0 Å². The Kier molecular flexibility index (Phi) is 3.12. The molecule has 0 bridgehead atoms. The molecule has 4 rings (SSSR count). The quantitative estimate of drug-likeness (QED) is 0.790. The maximum atomic E-state index is 12.3. The topological polar surface area (TPSA) is 83.9 Å². The Labute approximate surface area is 135 Å². The van der Waals surface area contributed by atoms with Gasteiger partial charge >= 0.3 is 0 Å². The van der Waals surface area contributed by atoms with Gasteiger partial charge in [0.25, 0.3) is 0 Å². The maximum Gasteiger partial charge on any atom is 0.214 e. The van der Waals surface area contributed by atoms with Crippen molar-refractivity contribution in [3.63, 3.8) is 0 Å². The van der Waals surface area contributed by atoms with Crippen LogP contribution in [0.25, 0.3) is 22.1 Å². The van der Waals surface area contributed by atoms with Crippen LogP contribution < -0.4 is 0 Å². The van der Waals surface area contributed by atoms with Gasteiger partial charge in [0, 0.05) is 24.7 Å². The molecule has 3 aromatic heterocycles. The summed E-state index contributed by atoms with van der Waals surface area (Å²) in [6, 6.07) is 1.85. The molecule has 0 spiro atoms. The third-order valence-electron chi connectivity index (χ3n) is 4.40. The van der Waals surface area contributed by atoms with Crippen LogP contribution in [0.5, 0.6) is 0 Å². The van der Waals surface area contributed by atoms with Gasteiger partial charge < -0.3 is 9.55 Å². The van der Waals surface area contributed by atoms with Crippen LogP contribution in [0.2, 0.25) is 0 Å². The molecule has 122 valence electrons. The number of aromatic amines is 1. The van der Waals surface area contributed by atoms with Gasteiger partial charge in [-0.25, -0.2) is 18.4 Å². The summed E-state index contributed by atoms with van der Waals surface area (Å²) < 4.78 is 36.3. The first-order valence-electron chi connectivity index (χ1n) is 8.29. The van der Waals surface area contributed by atoms with Crippen molar-refractivity contribution in [1.82, 2.24) is 23.8 Å². The van der Waals surface area contributed by atoms with Crippen LogP contribution in [0.1, 0.15) is 27.2 Å². The second-order valence-corrected chi connectivity index (χ2v) is 8.02. The first kappa shape index (κ1) is 13.5. The summed E-state index contributed by atoms with van der Waals surface area (Å²) in [5, 5.41) is 0.911. The van der Waals surface area contributed by atoms with E-state index in [2.05, 4.69) is 15.0 Å². The van der Waals surface area contributed by atoms with E-state index in [1.54, 1.807) is 10.5 Å². The number of hydrogen-bond acceptors (Lipinski definition) is 4.